The molecule has 0 saturated carbocycles. The highest BCUT2D eigenvalue weighted by molar-refractivity contribution is 5.84. The minimum atomic E-state index is -0.000275. The van der Waals surface area contributed by atoms with Crippen LogP contribution in [0.15, 0.2) is 103 Å². The summed E-state index contributed by atoms with van der Waals surface area (Å²) in [5, 5.41) is 13.3. The SMILES string of the molecule is Nc1ncccc1-c1nc2ccc(-c3ccccc3)nc2n1-c1ccc(CCNCc2ccc(C=O)c(O)c2)cc1. The number of aromatic hydroxyl groups is 1. The van der Waals surface area contributed by atoms with Crippen molar-refractivity contribution in [1.82, 2.24) is 24.8 Å². The Labute approximate surface area is 237 Å². The number of fused-ring (bicyclic) bond motifs is 1. The second-order valence-electron chi connectivity index (χ2n) is 9.72. The van der Waals surface area contributed by atoms with E-state index in [0.29, 0.717) is 30.0 Å². The van der Waals surface area contributed by atoms with Crippen LogP contribution in [0.5, 0.6) is 5.75 Å². The average Bonchev–Trinajstić information content (AvgIpc) is 3.39. The summed E-state index contributed by atoms with van der Waals surface area (Å²) in [7, 11) is 0. The van der Waals surface area contributed by atoms with Gasteiger partial charge in [-0.05, 0) is 72.6 Å². The van der Waals surface area contributed by atoms with Gasteiger partial charge in [-0.15, -0.1) is 0 Å². The molecule has 0 spiro atoms. The van der Waals surface area contributed by atoms with Gasteiger partial charge in [-0.1, -0.05) is 48.5 Å². The zero-order chi connectivity index (χ0) is 28.2. The van der Waals surface area contributed by atoms with Gasteiger partial charge in [0.25, 0.3) is 0 Å². The topological polar surface area (TPSA) is 119 Å². The highest BCUT2D eigenvalue weighted by atomic mass is 16.3. The number of imidazole rings is 1. The maximum absolute atomic E-state index is 10.9. The van der Waals surface area contributed by atoms with Crippen LogP contribution >= 0.6 is 0 Å². The van der Waals surface area contributed by atoms with Gasteiger partial charge in [-0.3, -0.25) is 9.36 Å². The van der Waals surface area contributed by atoms with Crippen molar-refractivity contribution < 1.29 is 9.90 Å². The monoisotopic (exact) mass is 540 g/mol. The van der Waals surface area contributed by atoms with Crippen LogP contribution in [-0.4, -0.2) is 37.5 Å². The average molecular weight is 541 g/mol. The van der Waals surface area contributed by atoms with Crippen molar-refractivity contribution in [2.24, 2.45) is 0 Å². The van der Waals surface area contributed by atoms with Crippen molar-refractivity contribution in [3.8, 4) is 34.1 Å². The first kappa shape index (κ1) is 25.9. The minimum absolute atomic E-state index is 0.000275. The number of aldehydes is 1. The molecule has 3 heterocycles. The first-order valence-corrected chi connectivity index (χ1v) is 13.3. The fourth-order valence-corrected chi connectivity index (χ4v) is 4.83. The molecule has 3 aromatic heterocycles. The van der Waals surface area contributed by atoms with Crippen LogP contribution in [0, 0.1) is 0 Å². The summed E-state index contributed by atoms with van der Waals surface area (Å²) in [6, 6.07) is 31.3. The van der Waals surface area contributed by atoms with E-state index >= 15 is 0 Å². The van der Waals surface area contributed by atoms with Gasteiger partial charge in [-0.2, -0.15) is 0 Å². The standard InChI is InChI=1S/C33H28N6O2/c34-31-27(7-4-17-36-31)32-38-29-15-14-28(24-5-2-1-3-6-24)37-33(29)39(32)26-12-9-22(10-13-26)16-18-35-20-23-8-11-25(21-40)30(41)19-23/h1-15,17,19,21,35,41H,16,18,20H2,(H2,34,36). The van der Waals surface area contributed by atoms with E-state index in [1.807, 2.05) is 65.2 Å². The summed E-state index contributed by atoms with van der Waals surface area (Å²) in [6.45, 7) is 1.35. The molecular weight excluding hydrogens is 512 g/mol. The number of phenols is 1. The van der Waals surface area contributed by atoms with Crippen molar-refractivity contribution in [2.75, 3.05) is 12.3 Å². The molecule has 8 nitrogen and oxygen atoms in total. The Balaban J connectivity index is 1.27. The largest absolute Gasteiger partial charge is 0.507 e. The number of anilines is 1. The molecule has 0 aliphatic heterocycles. The van der Waals surface area contributed by atoms with Crippen molar-refractivity contribution >= 4 is 23.3 Å². The summed E-state index contributed by atoms with van der Waals surface area (Å²) >= 11 is 0. The third-order valence-electron chi connectivity index (χ3n) is 6.99. The lowest BCUT2D eigenvalue weighted by Crippen LogP contribution is -2.16. The molecule has 0 amide bonds. The number of aromatic nitrogens is 4. The molecule has 0 aliphatic rings. The number of pyridine rings is 2. The predicted octanol–water partition coefficient (Wildman–Crippen LogP) is 5.58. The normalized spacial score (nSPS) is 11.1. The second kappa shape index (κ2) is 11.4. The van der Waals surface area contributed by atoms with Crippen LogP contribution in [0.1, 0.15) is 21.5 Å². The van der Waals surface area contributed by atoms with E-state index in [-0.39, 0.29) is 5.75 Å². The van der Waals surface area contributed by atoms with Gasteiger partial charge in [0.2, 0.25) is 0 Å². The molecule has 0 saturated heterocycles. The molecule has 6 rings (SSSR count). The molecule has 0 aliphatic carbocycles. The Morgan fingerprint density at radius 2 is 1.68 bits per heavy atom. The molecule has 0 fully saturated rings. The fourth-order valence-electron chi connectivity index (χ4n) is 4.83. The van der Waals surface area contributed by atoms with Crippen molar-refractivity contribution in [3.63, 3.8) is 0 Å². The summed E-state index contributed by atoms with van der Waals surface area (Å²) in [6.07, 6.45) is 3.14. The summed E-state index contributed by atoms with van der Waals surface area (Å²) in [5.74, 6) is 1.09. The molecule has 0 radical (unpaired) electrons. The van der Waals surface area contributed by atoms with E-state index < -0.39 is 0 Å². The number of nitrogens with zero attached hydrogens (tertiary/aromatic N) is 4. The van der Waals surface area contributed by atoms with Gasteiger partial charge in [0.15, 0.2) is 17.8 Å². The maximum Gasteiger partial charge on any atom is 0.165 e. The smallest absolute Gasteiger partial charge is 0.165 e. The lowest BCUT2D eigenvalue weighted by molar-refractivity contribution is 0.112. The number of nitrogen functional groups attached to an aromatic ring is 1. The van der Waals surface area contributed by atoms with Crippen LogP contribution in [-0.2, 0) is 13.0 Å². The quantitative estimate of drug-likeness (QED) is 0.162. The maximum atomic E-state index is 10.9. The summed E-state index contributed by atoms with van der Waals surface area (Å²) in [4.78, 5) is 25.1. The number of rotatable bonds is 9. The van der Waals surface area contributed by atoms with Crippen LogP contribution < -0.4 is 11.1 Å². The number of carbonyl (C=O) groups excluding carboxylic acids is 1. The van der Waals surface area contributed by atoms with Crippen molar-refractivity contribution in [2.45, 2.75) is 13.0 Å². The van der Waals surface area contributed by atoms with Crippen molar-refractivity contribution in [3.05, 3.63) is 120 Å². The van der Waals surface area contributed by atoms with E-state index in [4.69, 9.17) is 15.7 Å². The van der Waals surface area contributed by atoms with E-state index in [1.54, 1.807) is 18.3 Å². The Kier molecular flexibility index (Phi) is 7.21. The number of carbonyl (C=O) groups is 1. The third kappa shape index (κ3) is 5.41. The number of hydrogen-bond donors (Lipinski definition) is 3. The highest BCUT2D eigenvalue weighted by Gasteiger charge is 2.18. The van der Waals surface area contributed by atoms with E-state index in [2.05, 4.69) is 34.6 Å². The van der Waals surface area contributed by atoms with Gasteiger partial charge in [0.05, 0.1) is 16.8 Å². The van der Waals surface area contributed by atoms with E-state index in [9.17, 15) is 9.90 Å². The van der Waals surface area contributed by atoms with E-state index in [1.165, 1.54) is 5.56 Å². The third-order valence-corrected chi connectivity index (χ3v) is 6.99. The van der Waals surface area contributed by atoms with Crippen molar-refractivity contribution in [1.29, 1.82) is 0 Å². The van der Waals surface area contributed by atoms with Gasteiger partial charge in [0, 0.05) is 24.0 Å². The van der Waals surface area contributed by atoms with Crippen LogP contribution in [0.4, 0.5) is 5.82 Å². The molecule has 202 valence electrons. The summed E-state index contributed by atoms with van der Waals surface area (Å²) < 4.78 is 2.03. The Hall–Kier alpha value is -5.34. The first-order valence-electron chi connectivity index (χ1n) is 13.3. The molecule has 8 heteroatoms. The second-order valence-corrected chi connectivity index (χ2v) is 9.72. The zero-order valence-electron chi connectivity index (χ0n) is 22.2. The molecule has 0 unspecified atom stereocenters. The number of benzene rings is 3. The molecule has 0 bridgehead atoms. The lowest BCUT2D eigenvalue weighted by atomic mass is 10.1. The summed E-state index contributed by atoms with van der Waals surface area (Å²) in [5.41, 5.74) is 13.7. The molecule has 0 atom stereocenters. The molecule has 4 N–H and O–H groups in total. The number of hydrogen-bond acceptors (Lipinski definition) is 7. The zero-order valence-corrected chi connectivity index (χ0v) is 22.2. The predicted molar refractivity (Wildman–Crippen MR) is 161 cm³/mol. The molecular formula is C33H28N6O2. The van der Waals surface area contributed by atoms with Gasteiger partial charge in [-0.25, -0.2) is 15.0 Å². The lowest BCUT2D eigenvalue weighted by Gasteiger charge is -2.12. The number of phenolic OH excluding ortho intramolecular Hbond substituents is 1. The van der Waals surface area contributed by atoms with Crippen LogP contribution in [0.2, 0.25) is 0 Å². The van der Waals surface area contributed by atoms with Crippen LogP contribution in [0.25, 0.3) is 39.5 Å². The Bertz CT molecular complexity index is 1830. The van der Waals surface area contributed by atoms with E-state index in [0.717, 1.165) is 52.2 Å². The highest BCUT2D eigenvalue weighted by Crippen LogP contribution is 2.31. The Morgan fingerprint density at radius 1 is 0.878 bits per heavy atom. The Morgan fingerprint density at radius 3 is 2.44 bits per heavy atom. The van der Waals surface area contributed by atoms with Crippen LogP contribution in [0.3, 0.4) is 0 Å². The number of nitrogens with one attached hydrogen (secondary N) is 1. The molecule has 41 heavy (non-hydrogen) atoms. The minimum Gasteiger partial charge on any atom is -0.507 e. The number of nitrogens with two attached hydrogens (primary N) is 1. The van der Waals surface area contributed by atoms with Gasteiger partial charge in [0.1, 0.15) is 17.1 Å². The van der Waals surface area contributed by atoms with Gasteiger partial charge < -0.3 is 16.2 Å². The first-order chi connectivity index (χ1) is 20.1. The molecule has 3 aromatic carbocycles. The molecule has 6 aromatic rings. The fraction of sp³-hybridized carbons (Fsp3) is 0.0909. The van der Waals surface area contributed by atoms with Gasteiger partial charge >= 0.3 is 0 Å².